The van der Waals surface area contributed by atoms with Gasteiger partial charge in [0, 0.05) is 4.53 Å². The van der Waals surface area contributed by atoms with Crippen molar-refractivity contribution in [2.75, 3.05) is 0 Å². The SMILES string of the molecule is CC.Cc1ccc(F)c(OF)c1. The fraction of sp³-hybridized carbons (Fsp3) is 0.333. The van der Waals surface area contributed by atoms with Gasteiger partial charge < -0.3 is 0 Å². The normalized spacial score (nSPS) is 8.42. The molecular weight excluding hydrogens is 162 g/mol. The highest BCUT2D eigenvalue weighted by molar-refractivity contribution is 5.28. The van der Waals surface area contributed by atoms with E-state index in [9.17, 15) is 8.92 Å². The van der Waals surface area contributed by atoms with E-state index in [1.54, 1.807) is 6.92 Å². The molecule has 0 spiro atoms. The Hall–Kier alpha value is -1.12. The molecule has 0 aromatic heterocycles. The molecule has 0 aliphatic carbocycles. The highest BCUT2D eigenvalue weighted by Crippen LogP contribution is 2.17. The Balaban J connectivity index is 0.000000561. The monoisotopic (exact) mass is 174 g/mol. The molecular formula is C9H12F2O. The third-order valence-corrected chi connectivity index (χ3v) is 1.17. The molecule has 0 unspecified atom stereocenters. The van der Waals surface area contributed by atoms with Gasteiger partial charge in [-0.25, -0.2) is 4.39 Å². The summed E-state index contributed by atoms with van der Waals surface area (Å²) in [5.41, 5.74) is 0.758. The summed E-state index contributed by atoms with van der Waals surface area (Å²) >= 11 is 0. The molecule has 0 saturated carbocycles. The molecule has 0 fully saturated rings. The highest BCUT2D eigenvalue weighted by atomic mass is 19.3. The van der Waals surface area contributed by atoms with Crippen LogP contribution >= 0.6 is 0 Å². The van der Waals surface area contributed by atoms with Crippen molar-refractivity contribution in [1.29, 1.82) is 0 Å². The maximum atomic E-state index is 12.4. The second kappa shape index (κ2) is 5.52. The Kier molecular flexibility index (Phi) is 5.00. The molecule has 1 aromatic carbocycles. The first kappa shape index (κ1) is 10.9. The molecule has 1 rings (SSSR count). The lowest BCUT2D eigenvalue weighted by Crippen LogP contribution is -1.83. The van der Waals surface area contributed by atoms with E-state index in [2.05, 4.69) is 4.94 Å². The summed E-state index contributed by atoms with van der Waals surface area (Å²) in [5, 5.41) is 0. The fourth-order valence-corrected chi connectivity index (χ4v) is 0.670. The van der Waals surface area contributed by atoms with E-state index in [4.69, 9.17) is 0 Å². The molecule has 0 radical (unpaired) electrons. The third kappa shape index (κ3) is 2.86. The van der Waals surface area contributed by atoms with Gasteiger partial charge in [0.25, 0.3) is 0 Å². The summed E-state index contributed by atoms with van der Waals surface area (Å²) < 4.78 is 23.8. The number of hydrogen-bond donors (Lipinski definition) is 0. The minimum atomic E-state index is -0.687. The van der Waals surface area contributed by atoms with Gasteiger partial charge in [0.2, 0.25) is 5.75 Å². The zero-order valence-electron chi connectivity index (χ0n) is 7.40. The molecule has 3 heteroatoms. The zero-order valence-corrected chi connectivity index (χ0v) is 7.40. The number of halogens is 2. The van der Waals surface area contributed by atoms with Gasteiger partial charge in [-0.3, -0.25) is 4.94 Å². The van der Waals surface area contributed by atoms with E-state index >= 15 is 0 Å². The molecule has 1 nitrogen and oxygen atoms in total. The Bertz CT molecular complexity index is 236. The second-order valence-corrected chi connectivity index (χ2v) is 2.01. The molecule has 12 heavy (non-hydrogen) atoms. The smallest absolute Gasteiger partial charge is 0.207 e. The molecule has 0 heterocycles. The van der Waals surface area contributed by atoms with Crippen molar-refractivity contribution >= 4 is 0 Å². The van der Waals surface area contributed by atoms with E-state index in [1.165, 1.54) is 12.1 Å². The molecule has 0 saturated heterocycles. The van der Waals surface area contributed by atoms with Crippen LogP contribution in [0.5, 0.6) is 5.75 Å². The Morgan fingerprint density at radius 2 is 1.83 bits per heavy atom. The Labute approximate surface area is 70.9 Å². The lowest BCUT2D eigenvalue weighted by Gasteiger charge is -1.96. The topological polar surface area (TPSA) is 9.23 Å². The number of hydrogen-bond acceptors (Lipinski definition) is 1. The van der Waals surface area contributed by atoms with E-state index in [1.807, 2.05) is 13.8 Å². The van der Waals surface area contributed by atoms with Crippen LogP contribution in [-0.4, -0.2) is 0 Å². The first-order chi connectivity index (χ1) is 5.74. The number of benzene rings is 1. The summed E-state index contributed by atoms with van der Waals surface area (Å²) in [5.74, 6) is -1.05. The van der Waals surface area contributed by atoms with Crippen LogP contribution in [0.1, 0.15) is 19.4 Å². The van der Waals surface area contributed by atoms with Crippen LogP contribution in [0, 0.1) is 12.7 Å². The highest BCUT2D eigenvalue weighted by Gasteiger charge is 2.02. The summed E-state index contributed by atoms with van der Waals surface area (Å²) in [4.78, 5) is 3.25. The molecule has 68 valence electrons. The molecule has 0 N–H and O–H groups in total. The van der Waals surface area contributed by atoms with Crippen LogP contribution in [0.15, 0.2) is 18.2 Å². The molecule has 1 aromatic rings. The van der Waals surface area contributed by atoms with Gasteiger partial charge in [0.15, 0.2) is 5.82 Å². The van der Waals surface area contributed by atoms with E-state index in [0.29, 0.717) is 0 Å². The lowest BCUT2D eigenvalue weighted by molar-refractivity contribution is -0.0107. The first-order valence-electron chi connectivity index (χ1n) is 3.79. The Morgan fingerprint density at radius 1 is 1.25 bits per heavy atom. The van der Waals surface area contributed by atoms with Gasteiger partial charge in [-0.05, 0) is 24.6 Å². The minimum absolute atomic E-state index is 0.361. The average molecular weight is 174 g/mol. The zero-order chi connectivity index (χ0) is 9.56. The third-order valence-electron chi connectivity index (χ3n) is 1.17. The predicted octanol–water partition coefficient (Wildman–Crippen LogP) is 3.42. The van der Waals surface area contributed by atoms with Crippen LogP contribution in [0.2, 0.25) is 0 Å². The van der Waals surface area contributed by atoms with Crippen LogP contribution < -0.4 is 4.94 Å². The fourth-order valence-electron chi connectivity index (χ4n) is 0.670. The van der Waals surface area contributed by atoms with Crippen molar-refractivity contribution in [2.24, 2.45) is 0 Å². The maximum Gasteiger partial charge on any atom is 0.207 e. The van der Waals surface area contributed by atoms with Crippen molar-refractivity contribution in [1.82, 2.24) is 0 Å². The molecule has 0 amide bonds. The van der Waals surface area contributed by atoms with Gasteiger partial charge >= 0.3 is 0 Å². The van der Waals surface area contributed by atoms with Gasteiger partial charge in [0.05, 0.1) is 0 Å². The first-order valence-corrected chi connectivity index (χ1v) is 3.79. The molecule has 0 aliphatic heterocycles. The van der Waals surface area contributed by atoms with Crippen molar-refractivity contribution in [3.05, 3.63) is 29.6 Å². The minimum Gasteiger partial charge on any atom is -0.291 e. The van der Waals surface area contributed by atoms with Gasteiger partial charge in [0.1, 0.15) is 0 Å². The molecule has 0 aliphatic rings. The summed E-state index contributed by atoms with van der Waals surface area (Å²) in [6.07, 6.45) is 0. The van der Waals surface area contributed by atoms with Gasteiger partial charge in [-0.15, -0.1) is 0 Å². The second-order valence-electron chi connectivity index (χ2n) is 2.01. The number of aryl methyl sites for hydroxylation is 1. The standard InChI is InChI=1S/C7H6F2O.C2H6/c1-5-2-3-6(8)7(4-5)10-9;1-2/h2-4H,1H3;1-2H3. The average Bonchev–Trinajstić information content (AvgIpc) is 2.13. The summed E-state index contributed by atoms with van der Waals surface area (Å²) in [7, 11) is 0. The van der Waals surface area contributed by atoms with Crippen LogP contribution in [-0.2, 0) is 0 Å². The van der Waals surface area contributed by atoms with Crippen molar-refractivity contribution in [3.63, 3.8) is 0 Å². The largest absolute Gasteiger partial charge is 0.291 e. The van der Waals surface area contributed by atoms with E-state index in [0.717, 1.165) is 11.6 Å². The molecule has 0 bridgehead atoms. The maximum absolute atomic E-state index is 12.4. The lowest BCUT2D eigenvalue weighted by atomic mass is 10.2. The van der Waals surface area contributed by atoms with Gasteiger partial charge in [-0.1, -0.05) is 19.9 Å². The number of rotatable bonds is 1. The van der Waals surface area contributed by atoms with Crippen molar-refractivity contribution in [3.8, 4) is 5.75 Å². The van der Waals surface area contributed by atoms with E-state index in [-0.39, 0.29) is 5.75 Å². The predicted molar refractivity (Wildman–Crippen MR) is 44.2 cm³/mol. The summed E-state index contributed by atoms with van der Waals surface area (Å²) in [6, 6.07) is 3.98. The quantitative estimate of drug-likeness (QED) is 0.633. The van der Waals surface area contributed by atoms with Crippen molar-refractivity contribution in [2.45, 2.75) is 20.8 Å². The van der Waals surface area contributed by atoms with Crippen molar-refractivity contribution < 1.29 is 13.9 Å². The van der Waals surface area contributed by atoms with E-state index < -0.39 is 5.82 Å². The Morgan fingerprint density at radius 3 is 2.25 bits per heavy atom. The van der Waals surface area contributed by atoms with Crippen LogP contribution in [0.25, 0.3) is 0 Å². The summed E-state index contributed by atoms with van der Waals surface area (Å²) in [6.45, 7) is 5.72. The van der Waals surface area contributed by atoms with Crippen LogP contribution in [0.3, 0.4) is 0 Å². The molecule has 0 atom stereocenters. The van der Waals surface area contributed by atoms with Crippen LogP contribution in [0.4, 0.5) is 8.92 Å². The van der Waals surface area contributed by atoms with Gasteiger partial charge in [-0.2, -0.15) is 0 Å².